The second kappa shape index (κ2) is 12.3. The van der Waals surface area contributed by atoms with E-state index in [9.17, 15) is 21.6 Å². The van der Waals surface area contributed by atoms with E-state index in [2.05, 4.69) is 20.1 Å². The van der Waals surface area contributed by atoms with Gasteiger partial charge < -0.3 is 10.1 Å². The predicted molar refractivity (Wildman–Crippen MR) is 158 cm³/mol. The van der Waals surface area contributed by atoms with Crippen LogP contribution in [0.4, 0.5) is 24.5 Å². The number of alkyl halides is 3. The van der Waals surface area contributed by atoms with Crippen LogP contribution in [0.5, 0.6) is 5.75 Å². The highest BCUT2D eigenvalue weighted by Crippen LogP contribution is 2.36. The largest absolute Gasteiger partial charge is 0.492 e. The number of hydrogen-bond donors (Lipinski definition) is 1. The number of nitrogens with zero attached hydrogens (tertiary/aromatic N) is 3. The standard InChI is InChI=1S/C31H33F3N4O3S/c1-22-17-30(28-5-3-4-6-29(28)35-22)36-25-18-24(31(32,33)34)19-26(20-25)41-16-15-37-11-13-38(14-12-37)21-23-7-9-27(10-8-23)42(2,39)40/h3-10,17-20H,11-16,21H2,1-2H3,(H,35,36). The minimum Gasteiger partial charge on any atom is -0.492 e. The van der Waals surface area contributed by atoms with Gasteiger partial charge in [-0.05, 0) is 48.9 Å². The Balaban J connectivity index is 1.18. The molecule has 1 N–H and O–H groups in total. The van der Waals surface area contributed by atoms with Crippen molar-refractivity contribution in [1.82, 2.24) is 14.8 Å². The van der Waals surface area contributed by atoms with Gasteiger partial charge in [0.1, 0.15) is 12.4 Å². The summed E-state index contributed by atoms with van der Waals surface area (Å²) in [6.45, 7) is 6.66. The maximum Gasteiger partial charge on any atom is 0.416 e. The molecule has 4 aromatic rings. The van der Waals surface area contributed by atoms with Gasteiger partial charge in [0.25, 0.3) is 0 Å². The average Bonchev–Trinajstić information content (AvgIpc) is 2.93. The van der Waals surface area contributed by atoms with Gasteiger partial charge in [0.05, 0.1) is 16.0 Å². The lowest BCUT2D eigenvalue weighted by Gasteiger charge is -2.34. The molecule has 3 aromatic carbocycles. The van der Waals surface area contributed by atoms with Gasteiger partial charge in [-0.15, -0.1) is 0 Å². The van der Waals surface area contributed by atoms with Gasteiger partial charge in [-0.1, -0.05) is 30.3 Å². The Labute approximate surface area is 243 Å². The van der Waals surface area contributed by atoms with Gasteiger partial charge in [0.15, 0.2) is 9.84 Å². The first kappa shape index (κ1) is 29.8. The number of para-hydroxylation sites is 1. The third kappa shape index (κ3) is 7.58. The maximum absolute atomic E-state index is 13.7. The van der Waals surface area contributed by atoms with Crippen LogP contribution in [0.1, 0.15) is 16.8 Å². The smallest absolute Gasteiger partial charge is 0.416 e. The molecule has 1 aromatic heterocycles. The van der Waals surface area contributed by atoms with Gasteiger partial charge in [-0.2, -0.15) is 13.2 Å². The Kier molecular flexibility index (Phi) is 8.72. The SMILES string of the molecule is Cc1cc(Nc2cc(OCCN3CCN(Cc4ccc(S(C)(=O)=O)cc4)CC3)cc(C(F)(F)F)c2)c2ccccc2n1. The molecule has 0 aliphatic carbocycles. The fraction of sp³-hybridized carbons (Fsp3) is 0.323. The zero-order chi connectivity index (χ0) is 29.9. The second-order valence-electron chi connectivity index (χ2n) is 10.6. The number of pyridine rings is 1. The van der Waals surface area contributed by atoms with E-state index in [0.717, 1.165) is 67.0 Å². The number of aryl methyl sites for hydroxylation is 1. The highest BCUT2D eigenvalue weighted by atomic mass is 32.2. The molecule has 7 nitrogen and oxygen atoms in total. The molecule has 42 heavy (non-hydrogen) atoms. The monoisotopic (exact) mass is 598 g/mol. The minimum absolute atomic E-state index is 0.151. The van der Waals surface area contributed by atoms with Crippen LogP contribution in [-0.4, -0.2) is 68.8 Å². The molecule has 1 saturated heterocycles. The number of benzene rings is 3. The highest BCUT2D eigenvalue weighted by molar-refractivity contribution is 7.90. The number of piperazine rings is 1. The topological polar surface area (TPSA) is 74.8 Å². The zero-order valence-corrected chi connectivity index (χ0v) is 24.3. The molecule has 0 radical (unpaired) electrons. The van der Waals surface area contributed by atoms with Gasteiger partial charge in [-0.25, -0.2) is 8.42 Å². The van der Waals surface area contributed by atoms with Crippen molar-refractivity contribution in [2.45, 2.75) is 24.5 Å². The van der Waals surface area contributed by atoms with Crippen molar-refractivity contribution in [3.8, 4) is 5.75 Å². The normalized spacial score (nSPS) is 15.2. The molecule has 0 amide bonds. The highest BCUT2D eigenvalue weighted by Gasteiger charge is 2.31. The lowest BCUT2D eigenvalue weighted by Crippen LogP contribution is -2.47. The molecular weight excluding hydrogens is 565 g/mol. The molecule has 1 aliphatic heterocycles. The van der Waals surface area contributed by atoms with Crippen molar-refractivity contribution in [3.63, 3.8) is 0 Å². The number of halogens is 3. The fourth-order valence-corrected chi connectivity index (χ4v) is 5.68. The van der Waals surface area contributed by atoms with Crippen LogP contribution in [-0.2, 0) is 22.6 Å². The second-order valence-corrected chi connectivity index (χ2v) is 12.6. The van der Waals surface area contributed by atoms with Gasteiger partial charge in [-0.3, -0.25) is 14.8 Å². The summed E-state index contributed by atoms with van der Waals surface area (Å²) in [5, 5.41) is 3.96. The van der Waals surface area contributed by atoms with Gasteiger partial charge in [0, 0.05) is 74.0 Å². The Morgan fingerprint density at radius 3 is 2.31 bits per heavy atom. The van der Waals surface area contributed by atoms with E-state index in [4.69, 9.17) is 4.74 Å². The first-order valence-electron chi connectivity index (χ1n) is 13.7. The summed E-state index contributed by atoms with van der Waals surface area (Å²) in [5.41, 5.74) is 2.73. The number of fused-ring (bicyclic) bond motifs is 1. The van der Waals surface area contributed by atoms with Crippen molar-refractivity contribution in [3.05, 3.63) is 89.6 Å². The number of hydrogen-bond acceptors (Lipinski definition) is 7. The Morgan fingerprint density at radius 2 is 1.62 bits per heavy atom. The van der Waals surface area contributed by atoms with Crippen LogP contribution in [0.15, 0.2) is 77.7 Å². The predicted octanol–water partition coefficient (Wildman–Crippen LogP) is 5.91. The maximum atomic E-state index is 13.7. The number of aromatic nitrogens is 1. The van der Waals surface area contributed by atoms with Crippen LogP contribution in [0.3, 0.4) is 0 Å². The first-order valence-corrected chi connectivity index (χ1v) is 15.6. The molecule has 0 bridgehead atoms. The average molecular weight is 599 g/mol. The quantitative estimate of drug-likeness (QED) is 0.257. The molecule has 0 unspecified atom stereocenters. The third-order valence-electron chi connectivity index (χ3n) is 7.26. The lowest BCUT2D eigenvalue weighted by molar-refractivity contribution is -0.137. The van der Waals surface area contributed by atoms with Crippen molar-refractivity contribution >= 4 is 32.1 Å². The Hall–Kier alpha value is -3.67. The van der Waals surface area contributed by atoms with Crippen molar-refractivity contribution in [2.75, 3.05) is 50.9 Å². The summed E-state index contributed by atoms with van der Waals surface area (Å²) in [4.78, 5) is 9.33. The van der Waals surface area contributed by atoms with Crippen molar-refractivity contribution in [1.29, 1.82) is 0 Å². The number of nitrogens with one attached hydrogen (secondary N) is 1. The van der Waals surface area contributed by atoms with Crippen LogP contribution in [0.25, 0.3) is 10.9 Å². The Morgan fingerprint density at radius 1 is 0.929 bits per heavy atom. The number of ether oxygens (including phenoxy) is 1. The van der Waals surface area contributed by atoms with Gasteiger partial charge >= 0.3 is 6.18 Å². The summed E-state index contributed by atoms with van der Waals surface area (Å²) in [7, 11) is -3.22. The molecular formula is C31H33F3N4O3S. The molecule has 0 saturated carbocycles. The van der Waals surface area contributed by atoms with Crippen LogP contribution in [0, 0.1) is 6.92 Å². The summed E-state index contributed by atoms with van der Waals surface area (Å²) < 4.78 is 70.4. The van der Waals surface area contributed by atoms with E-state index in [1.54, 1.807) is 18.2 Å². The van der Waals surface area contributed by atoms with Crippen LogP contribution in [0.2, 0.25) is 0 Å². The lowest BCUT2D eigenvalue weighted by atomic mass is 10.1. The third-order valence-corrected chi connectivity index (χ3v) is 8.38. The van der Waals surface area contributed by atoms with E-state index < -0.39 is 21.6 Å². The molecule has 5 rings (SSSR count). The molecule has 222 valence electrons. The van der Waals surface area contributed by atoms with E-state index in [-0.39, 0.29) is 18.0 Å². The minimum atomic E-state index is -4.52. The first-order chi connectivity index (χ1) is 19.9. The van der Waals surface area contributed by atoms with Crippen molar-refractivity contribution < 1.29 is 26.3 Å². The van der Waals surface area contributed by atoms with E-state index >= 15 is 0 Å². The van der Waals surface area contributed by atoms with E-state index in [1.165, 1.54) is 6.26 Å². The molecule has 11 heteroatoms. The summed E-state index contributed by atoms with van der Waals surface area (Å²) in [6, 6.07) is 20.0. The summed E-state index contributed by atoms with van der Waals surface area (Å²) in [5.74, 6) is 0.151. The summed E-state index contributed by atoms with van der Waals surface area (Å²) >= 11 is 0. The number of sulfone groups is 1. The number of rotatable bonds is 9. The molecule has 1 aliphatic rings. The van der Waals surface area contributed by atoms with Crippen molar-refractivity contribution in [2.24, 2.45) is 0 Å². The zero-order valence-electron chi connectivity index (χ0n) is 23.5. The molecule has 1 fully saturated rings. The molecule has 0 atom stereocenters. The van der Waals surface area contributed by atoms with Gasteiger partial charge in [0.2, 0.25) is 0 Å². The van der Waals surface area contributed by atoms with E-state index in [0.29, 0.717) is 17.1 Å². The van der Waals surface area contributed by atoms with Crippen LogP contribution >= 0.6 is 0 Å². The van der Waals surface area contributed by atoms with E-state index in [1.807, 2.05) is 49.4 Å². The molecule has 0 spiro atoms. The van der Waals surface area contributed by atoms with Crippen LogP contribution < -0.4 is 10.1 Å². The number of anilines is 2. The fourth-order valence-electron chi connectivity index (χ4n) is 5.05. The molecule has 2 heterocycles. The summed E-state index contributed by atoms with van der Waals surface area (Å²) in [6.07, 6.45) is -3.33. The Bertz CT molecular complexity index is 1650.